The molecule has 1 aromatic carbocycles. The first-order valence-corrected chi connectivity index (χ1v) is 6.10. The molecule has 1 heterocycles. The average Bonchev–Trinajstić information content (AvgIpc) is 2.30. The van der Waals surface area contributed by atoms with E-state index in [2.05, 4.69) is 15.0 Å². The van der Waals surface area contributed by atoms with E-state index in [-0.39, 0.29) is 11.9 Å². The van der Waals surface area contributed by atoms with Gasteiger partial charge in [0.2, 0.25) is 11.9 Å². The second kappa shape index (κ2) is 5.81. The van der Waals surface area contributed by atoms with Gasteiger partial charge in [0.05, 0.1) is 6.54 Å². The number of hydrogen-bond donors (Lipinski definition) is 2. The first-order chi connectivity index (χ1) is 9.04. The fraction of sp³-hybridized carbons (Fsp3) is 0.250. The Morgan fingerprint density at radius 2 is 1.68 bits per heavy atom. The number of benzene rings is 1. The van der Waals surface area contributed by atoms with Crippen molar-refractivity contribution < 1.29 is 0 Å². The highest BCUT2D eigenvalue weighted by Crippen LogP contribution is 2.17. The summed E-state index contributed by atoms with van der Waals surface area (Å²) in [6.45, 7) is 1.20. The fourth-order valence-corrected chi connectivity index (χ4v) is 1.94. The van der Waals surface area contributed by atoms with E-state index in [4.69, 9.17) is 23.1 Å². The molecule has 0 bridgehead atoms. The minimum absolute atomic E-state index is 0.133. The van der Waals surface area contributed by atoms with Crippen LogP contribution in [0.25, 0.3) is 0 Å². The van der Waals surface area contributed by atoms with Crippen molar-refractivity contribution in [2.45, 2.75) is 13.1 Å². The van der Waals surface area contributed by atoms with Crippen molar-refractivity contribution in [2.75, 3.05) is 18.5 Å². The summed E-state index contributed by atoms with van der Waals surface area (Å²) in [5, 5.41) is 0.740. The third-order valence-corrected chi connectivity index (χ3v) is 2.89. The molecule has 7 heteroatoms. The van der Waals surface area contributed by atoms with Crippen LogP contribution in [0, 0.1) is 0 Å². The molecule has 0 radical (unpaired) electrons. The lowest BCUT2D eigenvalue weighted by Crippen LogP contribution is -2.20. The van der Waals surface area contributed by atoms with Crippen molar-refractivity contribution >= 4 is 23.5 Å². The highest BCUT2D eigenvalue weighted by Gasteiger charge is 2.08. The Balaban J connectivity index is 2.05. The molecule has 0 aliphatic rings. The second-order valence-electron chi connectivity index (χ2n) is 4.23. The van der Waals surface area contributed by atoms with Crippen LogP contribution in [-0.4, -0.2) is 26.9 Å². The number of nitrogens with zero attached hydrogens (tertiary/aromatic N) is 4. The molecule has 1 aromatic heterocycles. The van der Waals surface area contributed by atoms with E-state index >= 15 is 0 Å². The third-order valence-electron chi connectivity index (χ3n) is 2.53. The van der Waals surface area contributed by atoms with Crippen LogP contribution in [0.2, 0.25) is 5.02 Å². The lowest BCUT2D eigenvalue weighted by atomic mass is 10.2. The molecule has 0 saturated heterocycles. The van der Waals surface area contributed by atoms with Gasteiger partial charge >= 0.3 is 0 Å². The summed E-state index contributed by atoms with van der Waals surface area (Å²) in [4.78, 5) is 13.8. The van der Waals surface area contributed by atoms with Gasteiger partial charge in [0, 0.05) is 11.6 Å². The standard InChI is InChI=1S/C12H15ClN6/c1-19(6-8-4-2-3-5-9(8)13)7-10-16-11(14)18-12(15)17-10/h2-5H,6-7H2,1H3,(H4,14,15,16,17,18). The van der Waals surface area contributed by atoms with Crippen LogP contribution in [0.4, 0.5) is 11.9 Å². The van der Waals surface area contributed by atoms with Crippen molar-refractivity contribution in [1.29, 1.82) is 0 Å². The summed E-state index contributed by atoms with van der Waals surface area (Å²) in [6, 6.07) is 7.70. The molecule has 19 heavy (non-hydrogen) atoms. The zero-order chi connectivity index (χ0) is 13.8. The summed E-state index contributed by atoms with van der Waals surface area (Å²) in [7, 11) is 1.94. The van der Waals surface area contributed by atoms with Crippen molar-refractivity contribution in [3.05, 3.63) is 40.7 Å². The van der Waals surface area contributed by atoms with Crippen LogP contribution in [0.5, 0.6) is 0 Å². The molecular weight excluding hydrogens is 264 g/mol. The molecule has 0 fully saturated rings. The van der Waals surface area contributed by atoms with Gasteiger partial charge in [0.25, 0.3) is 0 Å². The minimum Gasteiger partial charge on any atom is -0.368 e. The summed E-state index contributed by atoms with van der Waals surface area (Å²) >= 11 is 6.11. The third kappa shape index (κ3) is 3.77. The van der Waals surface area contributed by atoms with Crippen LogP contribution in [0.15, 0.2) is 24.3 Å². The topological polar surface area (TPSA) is 94.0 Å². The van der Waals surface area contributed by atoms with E-state index in [9.17, 15) is 0 Å². The zero-order valence-electron chi connectivity index (χ0n) is 10.5. The summed E-state index contributed by atoms with van der Waals surface area (Å²) < 4.78 is 0. The van der Waals surface area contributed by atoms with Gasteiger partial charge in [0.15, 0.2) is 0 Å². The van der Waals surface area contributed by atoms with Crippen LogP contribution in [0.3, 0.4) is 0 Å². The van der Waals surface area contributed by atoms with E-state index in [0.29, 0.717) is 18.9 Å². The number of halogens is 1. The molecule has 0 aliphatic heterocycles. The van der Waals surface area contributed by atoms with Gasteiger partial charge < -0.3 is 11.5 Å². The summed E-state index contributed by atoms with van der Waals surface area (Å²) in [5.41, 5.74) is 12.1. The quantitative estimate of drug-likeness (QED) is 0.876. The molecule has 0 aliphatic carbocycles. The Kier molecular flexibility index (Phi) is 4.13. The highest BCUT2D eigenvalue weighted by atomic mass is 35.5. The maximum Gasteiger partial charge on any atom is 0.225 e. The van der Waals surface area contributed by atoms with Crippen molar-refractivity contribution in [3.8, 4) is 0 Å². The predicted octanol–water partition coefficient (Wildman–Crippen LogP) is 1.32. The first kappa shape index (κ1) is 13.5. The highest BCUT2D eigenvalue weighted by molar-refractivity contribution is 6.31. The Morgan fingerprint density at radius 1 is 1.05 bits per heavy atom. The van der Waals surface area contributed by atoms with Crippen LogP contribution >= 0.6 is 11.6 Å². The van der Waals surface area contributed by atoms with Crippen molar-refractivity contribution in [1.82, 2.24) is 19.9 Å². The number of aromatic nitrogens is 3. The van der Waals surface area contributed by atoms with Crippen LogP contribution < -0.4 is 11.5 Å². The van der Waals surface area contributed by atoms with Gasteiger partial charge in [-0.05, 0) is 18.7 Å². The molecule has 6 nitrogen and oxygen atoms in total. The molecule has 0 atom stereocenters. The van der Waals surface area contributed by atoms with Gasteiger partial charge in [-0.25, -0.2) is 0 Å². The number of anilines is 2. The molecule has 0 amide bonds. The average molecular weight is 279 g/mol. The molecular formula is C12H15ClN6. The van der Waals surface area contributed by atoms with Crippen molar-refractivity contribution in [2.24, 2.45) is 0 Å². The van der Waals surface area contributed by atoms with Gasteiger partial charge in [-0.2, -0.15) is 15.0 Å². The molecule has 0 spiro atoms. The number of nitrogen functional groups attached to an aromatic ring is 2. The molecule has 2 aromatic rings. The number of rotatable bonds is 4. The first-order valence-electron chi connectivity index (χ1n) is 5.72. The zero-order valence-corrected chi connectivity index (χ0v) is 11.3. The molecule has 100 valence electrons. The second-order valence-corrected chi connectivity index (χ2v) is 4.64. The summed E-state index contributed by atoms with van der Waals surface area (Å²) in [5.74, 6) is 0.807. The van der Waals surface area contributed by atoms with E-state index in [0.717, 1.165) is 10.6 Å². The lowest BCUT2D eigenvalue weighted by Gasteiger charge is -2.16. The Morgan fingerprint density at radius 3 is 2.32 bits per heavy atom. The maximum atomic E-state index is 6.11. The molecule has 0 unspecified atom stereocenters. The monoisotopic (exact) mass is 278 g/mol. The van der Waals surface area contributed by atoms with Crippen LogP contribution in [-0.2, 0) is 13.1 Å². The van der Waals surface area contributed by atoms with Crippen LogP contribution in [0.1, 0.15) is 11.4 Å². The SMILES string of the molecule is CN(Cc1nc(N)nc(N)n1)Cc1ccccc1Cl. The van der Waals surface area contributed by atoms with Gasteiger partial charge in [-0.3, -0.25) is 4.90 Å². The predicted molar refractivity (Wildman–Crippen MR) is 75.3 cm³/mol. The van der Waals surface area contributed by atoms with E-state index in [1.54, 1.807) is 0 Å². The van der Waals surface area contributed by atoms with Crippen molar-refractivity contribution in [3.63, 3.8) is 0 Å². The molecule has 0 saturated carbocycles. The Bertz CT molecular complexity index is 554. The molecule has 2 rings (SSSR count). The number of nitrogens with two attached hydrogens (primary N) is 2. The smallest absolute Gasteiger partial charge is 0.225 e. The van der Waals surface area contributed by atoms with Gasteiger partial charge in [-0.1, -0.05) is 29.8 Å². The Labute approximate surface area is 116 Å². The normalized spacial score (nSPS) is 10.9. The van der Waals surface area contributed by atoms with E-state index in [1.165, 1.54) is 0 Å². The van der Waals surface area contributed by atoms with E-state index < -0.39 is 0 Å². The van der Waals surface area contributed by atoms with Gasteiger partial charge in [0.1, 0.15) is 5.82 Å². The lowest BCUT2D eigenvalue weighted by molar-refractivity contribution is 0.310. The fourth-order valence-electron chi connectivity index (χ4n) is 1.74. The minimum atomic E-state index is 0.133. The largest absolute Gasteiger partial charge is 0.368 e. The number of hydrogen-bond acceptors (Lipinski definition) is 6. The molecule has 4 N–H and O–H groups in total. The van der Waals surface area contributed by atoms with Gasteiger partial charge in [-0.15, -0.1) is 0 Å². The maximum absolute atomic E-state index is 6.11. The Hall–Kier alpha value is -1.92. The van der Waals surface area contributed by atoms with E-state index in [1.807, 2.05) is 36.2 Å². The summed E-state index contributed by atoms with van der Waals surface area (Å²) in [6.07, 6.45) is 0.